The van der Waals surface area contributed by atoms with Crippen LogP contribution in [0, 0.1) is 0 Å². The van der Waals surface area contributed by atoms with Gasteiger partial charge in [0.05, 0.1) is 11.1 Å². The molecule has 0 saturated carbocycles. The largest absolute Gasteiger partial charge is 0.457 e. The number of fused-ring (bicyclic) bond motifs is 1. The highest BCUT2D eigenvalue weighted by atomic mass is 79.9. The van der Waals surface area contributed by atoms with Gasteiger partial charge in [-0.1, -0.05) is 51.3 Å². The summed E-state index contributed by atoms with van der Waals surface area (Å²) in [5.74, 6) is 0.659. The Hall–Kier alpha value is -1.00. The highest BCUT2D eigenvalue weighted by Gasteiger charge is 2.16. The summed E-state index contributed by atoms with van der Waals surface area (Å²) in [5, 5.41) is 1.92. The summed E-state index contributed by atoms with van der Waals surface area (Å²) in [4.78, 5) is 0. The second kappa shape index (κ2) is 5.41. The lowest BCUT2D eigenvalue weighted by molar-refractivity contribution is 0.525. The Morgan fingerprint density at radius 3 is 2.45 bits per heavy atom. The van der Waals surface area contributed by atoms with Gasteiger partial charge in [0.15, 0.2) is 5.58 Å². The minimum Gasteiger partial charge on any atom is -0.457 e. The first-order valence-electron chi connectivity index (χ1n) is 5.94. The maximum absolute atomic E-state index is 6.23. The molecule has 0 aliphatic heterocycles. The van der Waals surface area contributed by atoms with Crippen molar-refractivity contribution in [1.29, 1.82) is 0 Å². The molecule has 0 radical (unpaired) electrons. The molecule has 0 spiro atoms. The monoisotopic (exact) mass is 369 g/mol. The Morgan fingerprint density at radius 2 is 1.75 bits per heavy atom. The molecule has 2 aromatic carbocycles. The van der Waals surface area contributed by atoms with E-state index in [4.69, 9.17) is 33.4 Å². The fourth-order valence-corrected chi connectivity index (χ4v) is 2.90. The van der Waals surface area contributed by atoms with Gasteiger partial charge in [-0.15, -0.1) is 0 Å². The molecular weight excluding hydrogens is 361 g/mol. The molecule has 1 aromatic heterocycles. The van der Waals surface area contributed by atoms with Crippen LogP contribution in [0.2, 0.25) is 10.0 Å². The number of hydrogen-bond donors (Lipinski definition) is 1. The molecule has 1 unspecified atom stereocenters. The third kappa shape index (κ3) is 2.59. The quantitative estimate of drug-likeness (QED) is 0.642. The maximum atomic E-state index is 6.23. The van der Waals surface area contributed by atoms with Gasteiger partial charge in [-0.3, -0.25) is 0 Å². The summed E-state index contributed by atoms with van der Waals surface area (Å²) >= 11 is 15.5. The Bertz CT molecular complexity index is 767. The summed E-state index contributed by atoms with van der Waals surface area (Å²) in [7, 11) is 0. The van der Waals surface area contributed by atoms with Crippen LogP contribution in [0.4, 0.5) is 0 Å². The fraction of sp³-hybridized carbons (Fsp3) is 0.0667. The Balaban J connectivity index is 2.05. The molecule has 3 aromatic rings. The molecule has 0 aliphatic rings. The van der Waals surface area contributed by atoms with Crippen LogP contribution in [0.1, 0.15) is 17.4 Å². The summed E-state index contributed by atoms with van der Waals surface area (Å²) in [6.07, 6.45) is 0. The van der Waals surface area contributed by atoms with Crippen molar-refractivity contribution in [2.24, 2.45) is 5.73 Å². The van der Waals surface area contributed by atoms with Gasteiger partial charge < -0.3 is 10.2 Å². The van der Waals surface area contributed by atoms with E-state index in [0.717, 1.165) is 15.4 Å². The number of rotatable bonds is 2. The number of furan rings is 1. The lowest BCUT2D eigenvalue weighted by Gasteiger charge is -2.08. The molecule has 2 N–H and O–H groups in total. The zero-order valence-corrected chi connectivity index (χ0v) is 13.3. The zero-order chi connectivity index (χ0) is 14.3. The van der Waals surface area contributed by atoms with Crippen LogP contribution in [0.25, 0.3) is 11.0 Å². The maximum Gasteiger partial charge on any atom is 0.153 e. The first kappa shape index (κ1) is 14.0. The van der Waals surface area contributed by atoms with Crippen LogP contribution in [-0.4, -0.2) is 0 Å². The highest BCUT2D eigenvalue weighted by Crippen LogP contribution is 2.33. The first-order chi connectivity index (χ1) is 9.54. The van der Waals surface area contributed by atoms with Crippen LogP contribution in [-0.2, 0) is 0 Å². The molecule has 0 bridgehead atoms. The first-order valence-corrected chi connectivity index (χ1v) is 7.49. The average molecular weight is 371 g/mol. The minimum atomic E-state index is -0.342. The third-order valence-corrected chi connectivity index (χ3v) is 4.12. The lowest BCUT2D eigenvalue weighted by Crippen LogP contribution is -2.10. The Labute approximate surface area is 134 Å². The van der Waals surface area contributed by atoms with Gasteiger partial charge in [0.2, 0.25) is 0 Å². The highest BCUT2D eigenvalue weighted by molar-refractivity contribution is 9.10. The molecule has 5 heteroatoms. The molecule has 2 nitrogen and oxygen atoms in total. The number of nitrogens with two attached hydrogens (primary N) is 1. The zero-order valence-electron chi connectivity index (χ0n) is 10.2. The molecule has 3 rings (SSSR count). The van der Waals surface area contributed by atoms with Gasteiger partial charge in [0.25, 0.3) is 0 Å². The van der Waals surface area contributed by atoms with E-state index in [2.05, 4.69) is 15.9 Å². The van der Waals surface area contributed by atoms with Crippen molar-refractivity contribution in [1.82, 2.24) is 0 Å². The average Bonchev–Trinajstić information content (AvgIpc) is 2.83. The minimum absolute atomic E-state index is 0.342. The van der Waals surface area contributed by atoms with Gasteiger partial charge in [-0.05, 0) is 35.9 Å². The van der Waals surface area contributed by atoms with Crippen molar-refractivity contribution in [2.75, 3.05) is 0 Å². The topological polar surface area (TPSA) is 39.2 Å². The standard InChI is InChI=1S/C15H10BrCl2NO/c16-10-3-1-8(2-4-10)14(19)13-6-9-5-11(17)7-12(18)15(9)20-13/h1-7,14H,19H2. The molecule has 1 heterocycles. The van der Waals surface area contributed by atoms with Gasteiger partial charge in [0, 0.05) is 14.9 Å². The van der Waals surface area contributed by atoms with E-state index in [-0.39, 0.29) is 6.04 Å². The molecule has 0 aliphatic carbocycles. The predicted octanol–water partition coefficient (Wildman–Crippen LogP) is 5.55. The van der Waals surface area contributed by atoms with Crippen LogP contribution in [0.3, 0.4) is 0 Å². The van der Waals surface area contributed by atoms with Crippen LogP contribution >= 0.6 is 39.1 Å². The summed E-state index contributed by atoms with van der Waals surface area (Å²) in [5.41, 5.74) is 7.81. The predicted molar refractivity (Wildman–Crippen MR) is 86.4 cm³/mol. The van der Waals surface area contributed by atoms with Crippen molar-refractivity contribution in [3.05, 3.63) is 68.3 Å². The van der Waals surface area contributed by atoms with E-state index in [9.17, 15) is 0 Å². The van der Waals surface area contributed by atoms with E-state index >= 15 is 0 Å². The van der Waals surface area contributed by atoms with Gasteiger partial charge in [-0.25, -0.2) is 0 Å². The number of halogens is 3. The van der Waals surface area contributed by atoms with Crippen molar-refractivity contribution in [3.63, 3.8) is 0 Å². The molecular formula is C15H10BrCl2NO. The van der Waals surface area contributed by atoms with Gasteiger partial charge >= 0.3 is 0 Å². The molecule has 0 amide bonds. The van der Waals surface area contributed by atoms with E-state index in [1.165, 1.54) is 0 Å². The normalized spacial score (nSPS) is 12.8. The van der Waals surface area contributed by atoms with Crippen molar-refractivity contribution in [3.8, 4) is 0 Å². The summed E-state index contributed by atoms with van der Waals surface area (Å²) in [6, 6.07) is 12.8. The Kier molecular flexibility index (Phi) is 3.78. The molecule has 1 atom stereocenters. The number of benzene rings is 2. The van der Waals surface area contributed by atoms with E-state index in [1.54, 1.807) is 6.07 Å². The van der Waals surface area contributed by atoms with Crippen LogP contribution < -0.4 is 5.73 Å². The SMILES string of the molecule is NC(c1ccc(Br)cc1)c1cc2cc(Cl)cc(Cl)c2o1. The smallest absolute Gasteiger partial charge is 0.153 e. The van der Waals surface area contributed by atoms with E-state index in [0.29, 0.717) is 21.4 Å². The summed E-state index contributed by atoms with van der Waals surface area (Å²) < 4.78 is 6.78. The van der Waals surface area contributed by atoms with Crippen molar-refractivity contribution >= 4 is 50.1 Å². The fourth-order valence-electron chi connectivity index (χ4n) is 2.08. The second-order valence-electron chi connectivity index (χ2n) is 4.48. The second-order valence-corrected chi connectivity index (χ2v) is 6.24. The van der Waals surface area contributed by atoms with Crippen molar-refractivity contribution < 1.29 is 4.42 Å². The number of hydrogen-bond acceptors (Lipinski definition) is 2. The Morgan fingerprint density at radius 1 is 1.05 bits per heavy atom. The van der Waals surface area contributed by atoms with E-state index < -0.39 is 0 Å². The van der Waals surface area contributed by atoms with E-state index in [1.807, 2.05) is 36.4 Å². The van der Waals surface area contributed by atoms with Crippen LogP contribution in [0.15, 0.2) is 51.4 Å². The molecule has 102 valence electrons. The summed E-state index contributed by atoms with van der Waals surface area (Å²) in [6.45, 7) is 0. The third-order valence-electron chi connectivity index (χ3n) is 3.09. The molecule has 0 fully saturated rings. The lowest BCUT2D eigenvalue weighted by atomic mass is 10.1. The van der Waals surface area contributed by atoms with Gasteiger partial charge in [0.1, 0.15) is 5.76 Å². The molecule has 20 heavy (non-hydrogen) atoms. The van der Waals surface area contributed by atoms with Crippen molar-refractivity contribution in [2.45, 2.75) is 6.04 Å². The molecule has 0 saturated heterocycles. The van der Waals surface area contributed by atoms with Crippen LogP contribution in [0.5, 0.6) is 0 Å². The van der Waals surface area contributed by atoms with Gasteiger partial charge in [-0.2, -0.15) is 0 Å².